The van der Waals surface area contributed by atoms with Gasteiger partial charge in [-0.05, 0) is 42.5 Å². The van der Waals surface area contributed by atoms with Crippen LogP contribution in [0, 0.1) is 0 Å². The van der Waals surface area contributed by atoms with E-state index in [0.29, 0.717) is 25.3 Å². The zero-order valence-electron chi connectivity index (χ0n) is 20.6. The molecule has 0 aliphatic heterocycles. The Balaban J connectivity index is 1.33. The fourth-order valence-electron chi connectivity index (χ4n) is 4.04. The molecule has 0 fully saturated rings. The summed E-state index contributed by atoms with van der Waals surface area (Å²) in [6, 6.07) is 18.7. The Labute approximate surface area is 218 Å². The van der Waals surface area contributed by atoms with Gasteiger partial charge in [0.05, 0.1) is 32.7 Å². The Morgan fingerprint density at radius 2 is 1.92 bits per heavy atom. The first-order valence-corrected chi connectivity index (χ1v) is 12.7. The molecule has 0 spiro atoms. The Morgan fingerprint density at radius 1 is 1.05 bits per heavy atom. The van der Waals surface area contributed by atoms with Gasteiger partial charge in [0.2, 0.25) is 0 Å². The van der Waals surface area contributed by atoms with E-state index in [2.05, 4.69) is 9.78 Å². The summed E-state index contributed by atoms with van der Waals surface area (Å²) in [5, 5.41) is 2.07. The van der Waals surface area contributed by atoms with Gasteiger partial charge in [0.1, 0.15) is 23.0 Å². The van der Waals surface area contributed by atoms with Crippen LogP contribution < -0.4 is 14.2 Å². The molecule has 3 heterocycles. The maximum Gasteiger partial charge on any atom is 0.260 e. The van der Waals surface area contributed by atoms with E-state index in [1.165, 1.54) is 0 Å². The molecule has 5 aromatic rings. The summed E-state index contributed by atoms with van der Waals surface area (Å²) in [5.41, 5.74) is 2.71. The number of hydrogen-bond acceptors (Lipinski definition) is 7. The molecule has 190 valence electrons. The molecule has 1 amide bonds. The maximum atomic E-state index is 13.1. The summed E-state index contributed by atoms with van der Waals surface area (Å²) in [6.45, 7) is 0.821. The fourth-order valence-corrected chi connectivity index (χ4v) is 4.95. The third-order valence-corrected chi connectivity index (χ3v) is 6.88. The number of carbonyl (C=O) groups excluding carboxylic acids is 1. The lowest BCUT2D eigenvalue weighted by Crippen LogP contribution is -2.36. The van der Waals surface area contributed by atoms with Crippen molar-refractivity contribution in [2.24, 2.45) is 0 Å². The van der Waals surface area contributed by atoms with Gasteiger partial charge in [-0.25, -0.2) is 4.98 Å². The number of amides is 1. The lowest BCUT2D eigenvalue weighted by molar-refractivity contribution is -0.134. The molecule has 0 N–H and O–H groups in total. The van der Waals surface area contributed by atoms with Gasteiger partial charge in [-0.15, -0.1) is 11.3 Å². The number of rotatable bonds is 11. The van der Waals surface area contributed by atoms with Crippen LogP contribution in [-0.4, -0.2) is 47.6 Å². The van der Waals surface area contributed by atoms with Crippen LogP contribution >= 0.6 is 11.3 Å². The number of imidazole rings is 1. The number of nitrogens with zero attached hydrogens (tertiary/aromatic N) is 3. The van der Waals surface area contributed by atoms with Crippen molar-refractivity contribution in [2.45, 2.75) is 13.0 Å². The van der Waals surface area contributed by atoms with Gasteiger partial charge < -0.3 is 23.5 Å². The predicted octanol–water partition coefficient (Wildman–Crippen LogP) is 5.32. The summed E-state index contributed by atoms with van der Waals surface area (Å²) in [6.07, 6.45) is 4.25. The molecular weight excluding hydrogens is 490 g/mol. The number of carbonyl (C=O) groups is 1. The van der Waals surface area contributed by atoms with E-state index in [4.69, 9.17) is 23.6 Å². The van der Waals surface area contributed by atoms with E-state index in [0.717, 1.165) is 39.2 Å². The molecule has 9 heteroatoms. The topological polar surface area (TPSA) is 78.4 Å². The minimum Gasteiger partial charge on any atom is -0.497 e. The number of fused-ring (bicyclic) bond motifs is 1. The Hall–Kier alpha value is -4.24. The molecule has 0 saturated heterocycles. The van der Waals surface area contributed by atoms with Crippen LogP contribution in [0.1, 0.15) is 11.5 Å². The van der Waals surface area contributed by atoms with Gasteiger partial charge in [-0.1, -0.05) is 18.2 Å². The summed E-state index contributed by atoms with van der Waals surface area (Å²) in [7, 11) is 3.28. The largest absolute Gasteiger partial charge is 0.497 e. The number of methoxy groups -OCH3 is 2. The number of hydrogen-bond donors (Lipinski definition) is 0. The highest BCUT2D eigenvalue weighted by atomic mass is 32.1. The third kappa shape index (κ3) is 5.62. The minimum absolute atomic E-state index is 0.0470. The van der Waals surface area contributed by atoms with Crippen molar-refractivity contribution >= 4 is 22.2 Å². The number of benzene rings is 2. The van der Waals surface area contributed by atoms with Crippen molar-refractivity contribution in [1.82, 2.24) is 14.3 Å². The molecule has 8 nitrogen and oxygen atoms in total. The highest BCUT2D eigenvalue weighted by Crippen LogP contribution is 2.34. The van der Waals surface area contributed by atoms with Crippen molar-refractivity contribution in [2.75, 3.05) is 27.4 Å². The van der Waals surface area contributed by atoms with Crippen molar-refractivity contribution in [3.63, 3.8) is 0 Å². The van der Waals surface area contributed by atoms with Crippen LogP contribution in [0.5, 0.6) is 17.2 Å². The number of furan rings is 1. The quantitative estimate of drug-likeness (QED) is 0.236. The molecule has 0 saturated carbocycles. The second kappa shape index (κ2) is 11.2. The van der Waals surface area contributed by atoms with Crippen LogP contribution in [0.2, 0.25) is 0 Å². The molecule has 0 atom stereocenters. The summed E-state index contributed by atoms with van der Waals surface area (Å²) in [4.78, 5) is 20.5. The first kappa shape index (κ1) is 24.5. The van der Waals surface area contributed by atoms with E-state index >= 15 is 0 Å². The lowest BCUT2D eigenvalue weighted by Gasteiger charge is -2.21. The van der Waals surface area contributed by atoms with Gasteiger partial charge in [-0.3, -0.25) is 9.20 Å². The molecule has 37 heavy (non-hydrogen) atoms. The highest BCUT2D eigenvalue weighted by Gasteiger charge is 2.19. The van der Waals surface area contributed by atoms with Crippen LogP contribution in [0.25, 0.3) is 16.2 Å². The first-order chi connectivity index (χ1) is 18.1. The number of aromatic nitrogens is 2. The number of para-hydroxylation sites is 1. The molecular formula is C28H27N3O5S. The molecule has 0 bridgehead atoms. The van der Waals surface area contributed by atoms with E-state index in [1.54, 1.807) is 36.7 Å². The predicted molar refractivity (Wildman–Crippen MR) is 141 cm³/mol. The van der Waals surface area contributed by atoms with Crippen LogP contribution in [-0.2, 0) is 17.8 Å². The monoisotopic (exact) mass is 517 g/mol. The van der Waals surface area contributed by atoms with Crippen LogP contribution in [0.15, 0.2) is 82.9 Å². The fraction of sp³-hybridized carbons (Fsp3) is 0.214. The highest BCUT2D eigenvalue weighted by molar-refractivity contribution is 7.15. The lowest BCUT2D eigenvalue weighted by atomic mass is 10.1. The molecule has 3 aromatic heterocycles. The smallest absolute Gasteiger partial charge is 0.260 e. The molecule has 0 aliphatic rings. The second-order valence-corrected chi connectivity index (χ2v) is 9.15. The van der Waals surface area contributed by atoms with Crippen LogP contribution in [0.4, 0.5) is 0 Å². The summed E-state index contributed by atoms with van der Waals surface area (Å²) in [5.74, 6) is 2.73. The Kier molecular flexibility index (Phi) is 7.41. The summed E-state index contributed by atoms with van der Waals surface area (Å²) < 4.78 is 24.2. The van der Waals surface area contributed by atoms with Gasteiger partial charge in [0.25, 0.3) is 5.91 Å². The number of thiazole rings is 1. The molecule has 5 rings (SSSR count). The third-order valence-electron chi connectivity index (χ3n) is 5.99. The molecule has 0 radical (unpaired) electrons. The van der Waals surface area contributed by atoms with E-state index in [9.17, 15) is 4.79 Å². The van der Waals surface area contributed by atoms with E-state index < -0.39 is 0 Å². The van der Waals surface area contributed by atoms with Crippen molar-refractivity contribution in [3.8, 4) is 28.5 Å². The minimum atomic E-state index is -0.112. The molecule has 2 aromatic carbocycles. The normalized spacial score (nSPS) is 11.0. The zero-order valence-corrected chi connectivity index (χ0v) is 21.4. The van der Waals surface area contributed by atoms with Crippen LogP contribution in [0.3, 0.4) is 0 Å². The zero-order chi connectivity index (χ0) is 25.6. The second-order valence-electron chi connectivity index (χ2n) is 8.32. The summed E-state index contributed by atoms with van der Waals surface area (Å²) >= 11 is 1.56. The van der Waals surface area contributed by atoms with Crippen molar-refractivity contribution < 1.29 is 23.4 Å². The van der Waals surface area contributed by atoms with Gasteiger partial charge >= 0.3 is 0 Å². The van der Waals surface area contributed by atoms with E-state index in [-0.39, 0.29) is 12.5 Å². The SMILES string of the molecule is COc1ccc(OC)c(-c2cn3c(CCN(Cc4ccco4)C(=O)COc4ccccc4)csc3n2)c1. The van der Waals surface area contributed by atoms with E-state index in [1.807, 2.05) is 66.9 Å². The molecule has 0 unspecified atom stereocenters. The van der Waals surface area contributed by atoms with Gasteiger partial charge in [-0.2, -0.15) is 0 Å². The maximum absolute atomic E-state index is 13.1. The number of ether oxygens (including phenoxy) is 3. The molecule has 0 aliphatic carbocycles. The van der Waals surface area contributed by atoms with Gasteiger partial charge in [0, 0.05) is 35.8 Å². The Morgan fingerprint density at radius 3 is 2.68 bits per heavy atom. The average Bonchev–Trinajstić information content (AvgIpc) is 3.68. The Bertz CT molecular complexity index is 1460. The van der Waals surface area contributed by atoms with Gasteiger partial charge in [0.15, 0.2) is 11.6 Å². The standard InChI is InChI=1S/C28H27N3O5S/c1-33-22-10-11-26(34-2)24(15-22)25-17-31-20(19-37-28(31)29-25)12-13-30(16-23-9-6-14-35-23)27(32)18-36-21-7-4-3-5-8-21/h3-11,14-15,17,19H,12-13,16,18H2,1-2H3. The first-order valence-electron chi connectivity index (χ1n) is 11.8. The average molecular weight is 518 g/mol. The van der Waals surface area contributed by atoms with Crippen molar-refractivity contribution in [1.29, 1.82) is 0 Å². The van der Waals surface area contributed by atoms with Crippen molar-refractivity contribution in [3.05, 3.63) is 90.0 Å².